The number of nitrogens with zero attached hydrogens (tertiary/aromatic N) is 1. The summed E-state index contributed by atoms with van der Waals surface area (Å²) in [5.74, 6) is -0.389. The largest absolute Gasteiger partial charge is 0.379 e. The SMILES string of the molecule is CCNC(=NCc1cc(F)ccc1F)NCC(OC)C(C)(C)C. The number of hydrogen-bond acceptors (Lipinski definition) is 2. The van der Waals surface area contributed by atoms with Gasteiger partial charge in [-0.3, -0.25) is 0 Å². The van der Waals surface area contributed by atoms with Crippen molar-refractivity contribution in [3.63, 3.8) is 0 Å². The highest BCUT2D eigenvalue weighted by Gasteiger charge is 2.24. The molecule has 6 heteroatoms. The summed E-state index contributed by atoms with van der Waals surface area (Å²) in [7, 11) is 1.67. The first-order valence-corrected chi connectivity index (χ1v) is 7.76. The number of nitrogens with one attached hydrogen (secondary N) is 2. The Morgan fingerprint density at radius 2 is 1.96 bits per heavy atom. The summed E-state index contributed by atoms with van der Waals surface area (Å²) in [6, 6.07) is 3.37. The number of aliphatic imine (C=N–C) groups is 1. The van der Waals surface area contributed by atoms with E-state index in [0.717, 1.165) is 18.2 Å². The molecule has 0 amide bonds. The van der Waals surface area contributed by atoms with Crippen molar-refractivity contribution in [2.45, 2.75) is 40.3 Å². The first-order valence-electron chi connectivity index (χ1n) is 7.76. The second kappa shape index (κ2) is 8.82. The summed E-state index contributed by atoms with van der Waals surface area (Å²) in [6.45, 7) is 9.52. The Bertz CT molecular complexity index is 527. The van der Waals surface area contributed by atoms with E-state index in [9.17, 15) is 8.78 Å². The van der Waals surface area contributed by atoms with Crippen LogP contribution in [0.25, 0.3) is 0 Å². The van der Waals surface area contributed by atoms with Gasteiger partial charge in [0.1, 0.15) is 11.6 Å². The van der Waals surface area contributed by atoms with E-state index in [1.54, 1.807) is 7.11 Å². The highest BCUT2D eigenvalue weighted by atomic mass is 19.1. The molecule has 0 aliphatic heterocycles. The molecule has 2 N–H and O–H groups in total. The summed E-state index contributed by atoms with van der Waals surface area (Å²) in [6.07, 6.45) is -0.00254. The lowest BCUT2D eigenvalue weighted by Crippen LogP contribution is -2.45. The van der Waals surface area contributed by atoms with Crippen LogP contribution in [0.15, 0.2) is 23.2 Å². The molecule has 0 radical (unpaired) electrons. The number of ether oxygens (including phenoxy) is 1. The molecule has 0 aliphatic carbocycles. The summed E-state index contributed by atoms with van der Waals surface area (Å²) >= 11 is 0. The van der Waals surface area contributed by atoms with Gasteiger partial charge in [-0.2, -0.15) is 0 Å². The molecule has 1 aromatic carbocycles. The maximum absolute atomic E-state index is 13.6. The molecule has 0 fully saturated rings. The fraction of sp³-hybridized carbons (Fsp3) is 0.588. The number of hydrogen-bond donors (Lipinski definition) is 2. The topological polar surface area (TPSA) is 45.7 Å². The van der Waals surface area contributed by atoms with E-state index >= 15 is 0 Å². The third-order valence-electron chi connectivity index (χ3n) is 3.46. The van der Waals surface area contributed by atoms with Gasteiger partial charge >= 0.3 is 0 Å². The van der Waals surface area contributed by atoms with E-state index in [4.69, 9.17) is 4.74 Å². The van der Waals surface area contributed by atoms with Gasteiger partial charge in [-0.25, -0.2) is 13.8 Å². The van der Waals surface area contributed by atoms with Crippen molar-refractivity contribution in [3.05, 3.63) is 35.4 Å². The Balaban J connectivity index is 2.75. The molecule has 1 atom stereocenters. The van der Waals surface area contributed by atoms with Crippen LogP contribution in [0.5, 0.6) is 0 Å². The van der Waals surface area contributed by atoms with Crippen LogP contribution in [0.1, 0.15) is 33.3 Å². The molecule has 4 nitrogen and oxygen atoms in total. The number of halogens is 2. The zero-order valence-corrected chi connectivity index (χ0v) is 14.5. The Labute approximate surface area is 137 Å². The van der Waals surface area contributed by atoms with Gasteiger partial charge in [-0.1, -0.05) is 20.8 Å². The predicted octanol–water partition coefficient (Wildman–Crippen LogP) is 3.08. The number of benzene rings is 1. The average Bonchev–Trinajstić information content (AvgIpc) is 2.47. The van der Waals surface area contributed by atoms with Crippen LogP contribution in [0.4, 0.5) is 8.78 Å². The average molecular weight is 327 g/mol. The van der Waals surface area contributed by atoms with Crippen LogP contribution in [-0.4, -0.2) is 32.3 Å². The van der Waals surface area contributed by atoms with E-state index in [0.29, 0.717) is 19.0 Å². The molecular formula is C17H27F2N3O. The van der Waals surface area contributed by atoms with E-state index < -0.39 is 11.6 Å². The van der Waals surface area contributed by atoms with Crippen molar-refractivity contribution in [2.24, 2.45) is 10.4 Å². The zero-order valence-electron chi connectivity index (χ0n) is 14.5. The Morgan fingerprint density at radius 3 is 2.52 bits per heavy atom. The fourth-order valence-electron chi connectivity index (χ4n) is 2.10. The molecule has 0 spiro atoms. The van der Waals surface area contributed by atoms with Gasteiger partial charge in [0.2, 0.25) is 0 Å². The maximum Gasteiger partial charge on any atom is 0.191 e. The quantitative estimate of drug-likeness (QED) is 0.623. The van der Waals surface area contributed by atoms with E-state index in [1.165, 1.54) is 0 Å². The van der Waals surface area contributed by atoms with Crippen molar-refractivity contribution < 1.29 is 13.5 Å². The molecule has 1 unspecified atom stereocenters. The zero-order chi connectivity index (χ0) is 17.5. The van der Waals surface area contributed by atoms with Gasteiger partial charge in [0, 0.05) is 25.8 Å². The van der Waals surface area contributed by atoms with Crippen molar-refractivity contribution in [1.82, 2.24) is 10.6 Å². The first-order chi connectivity index (χ1) is 10.8. The molecule has 0 saturated heterocycles. The van der Waals surface area contributed by atoms with Crippen LogP contribution in [0.3, 0.4) is 0 Å². The molecule has 0 aromatic heterocycles. The minimum atomic E-state index is -0.471. The Hall–Kier alpha value is -1.69. The lowest BCUT2D eigenvalue weighted by molar-refractivity contribution is 0.0205. The molecule has 0 heterocycles. The van der Waals surface area contributed by atoms with Crippen molar-refractivity contribution in [1.29, 1.82) is 0 Å². The third kappa shape index (κ3) is 6.52. The van der Waals surface area contributed by atoms with Gasteiger partial charge in [-0.05, 0) is 30.5 Å². The van der Waals surface area contributed by atoms with Crippen LogP contribution in [-0.2, 0) is 11.3 Å². The van der Waals surface area contributed by atoms with Crippen LogP contribution < -0.4 is 10.6 Å². The van der Waals surface area contributed by atoms with Crippen LogP contribution >= 0.6 is 0 Å². The van der Waals surface area contributed by atoms with Gasteiger partial charge in [0.15, 0.2) is 5.96 Å². The van der Waals surface area contributed by atoms with Gasteiger partial charge in [0.05, 0.1) is 12.6 Å². The van der Waals surface area contributed by atoms with Gasteiger partial charge in [0.25, 0.3) is 0 Å². The third-order valence-corrected chi connectivity index (χ3v) is 3.46. The van der Waals surface area contributed by atoms with Crippen molar-refractivity contribution in [2.75, 3.05) is 20.2 Å². The summed E-state index contributed by atoms with van der Waals surface area (Å²) in [5, 5.41) is 6.27. The Morgan fingerprint density at radius 1 is 1.26 bits per heavy atom. The van der Waals surface area contributed by atoms with Gasteiger partial charge < -0.3 is 15.4 Å². The number of rotatable bonds is 6. The monoisotopic (exact) mass is 327 g/mol. The summed E-state index contributed by atoms with van der Waals surface area (Å²) in [4.78, 5) is 4.31. The Kier molecular flexibility index (Phi) is 7.42. The molecule has 0 aliphatic rings. The standard InChI is InChI=1S/C17H27F2N3O/c1-6-20-16(22-11-15(23-5)17(2,3)4)21-10-12-9-13(18)7-8-14(12)19/h7-9,15H,6,10-11H2,1-5H3,(H2,20,21,22). The molecule has 130 valence electrons. The van der Waals surface area contributed by atoms with Crippen LogP contribution in [0.2, 0.25) is 0 Å². The predicted molar refractivity (Wildman–Crippen MR) is 89.4 cm³/mol. The highest BCUT2D eigenvalue weighted by molar-refractivity contribution is 5.79. The molecule has 23 heavy (non-hydrogen) atoms. The minimum Gasteiger partial charge on any atom is -0.379 e. The maximum atomic E-state index is 13.6. The number of methoxy groups -OCH3 is 1. The minimum absolute atomic E-state index is 0.00254. The van der Waals surface area contributed by atoms with Crippen molar-refractivity contribution >= 4 is 5.96 Å². The summed E-state index contributed by atoms with van der Waals surface area (Å²) in [5.41, 5.74) is 0.203. The smallest absolute Gasteiger partial charge is 0.191 e. The molecule has 1 aromatic rings. The molecule has 1 rings (SSSR count). The molecule has 0 bridgehead atoms. The summed E-state index contributed by atoms with van der Waals surface area (Å²) < 4.78 is 32.3. The lowest BCUT2D eigenvalue weighted by atomic mass is 9.89. The van der Waals surface area contributed by atoms with Gasteiger partial charge in [-0.15, -0.1) is 0 Å². The second-order valence-electron chi connectivity index (χ2n) is 6.40. The molecular weight excluding hydrogens is 300 g/mol. The highest BCUT2D eigenvalue weighted by Crippen LogP contribution is 2.20. The fourth-order valence-corrected chi connectivity index (χ4v) is 2.10. The lowest BCUT2D eigenvalue weighted by Gasteiger charge is -2.30. The van der Waals surface area contributed by atoms with E-state index in [2.05, 4.69) is 36.4 Å². The molecule has 0 saturated carbocycles. The normalized spacial score (nSPS) is 13.8. The van der Waals surface area contributed by atoms with Crippen molar-refractivity contribution in [3.8, 4) is 0 Å². The number of guanidine groups is 1. The van der Waals surface area contributed by atoms with E-state index in [-0.39, 0.29) is 23.6 Å². The van der Waals surface area contributed by atoms with E-state index in [1.807, 2.05) is 6.92 Å². The van der Waals surface area contributed by atoms with Crippen LogP contribution in [0, 0.1) is 17.0 Å². The second-order valence-corrected chi connectivity index (χ2v) is 6.40. The first kappa shape index (κ1) is 19.4.